The molecule has 0 N–H and O–H groups in total. The van der Waals surface area contributed by atoms with E-state index in [1.807, 2.05) is 36.2 Å². The minimum atomic E-state index is 0.177. The lowest BCUT2D eigenvalue weighted by Gasteiger charge is -2.25. The highest BCUT2D eigenvalue weighted by Crippen LogP contribution is 2.25. The summed E-state index contributed by atoms with van der Waals surface area (Å²) in [4.78, 5) is 13.0. The number of likely N-dealkylation sites (N-methyl/N-ethyl adjacent to an activating group) is 1. The molecule has 0 unspecified atom stereocenters. The van der Waals surface area contributed by atoms with Gasteiger partial charge in [0.05, 0.1) is 0 Å². The van der Waals surface area contributed by atoms with Gasteiger partial charge in [0.15, 0.2) is 5.78 Å². The van der Waals surface area contributed by atoms with E-state index in [4.69, 9.17) is 0 Å². The minimum absolute atomic E-state index is 0.177. The molecule has 0 saturated carbocycles. The molecule has 0 amide bonds. The van der Waals surface area contributed by atoms with E-state index in [0.29, 0.717) is 6.42 Å². The van der Waals surface area contributed by atoms with Crippen molar-refractivity contribution in [3.63, 3.8) is 0 Å². The second kappa shape index (κ2) is 2.63. The highest BCUT2D eigenvalue weighted by molar-refractivity contribution is 5.95. The van der Waals surface area contributed by atoms with Crippen molar-refractivity contribution in [2.75, 3.05) is 11.9 Å². The summed E-state index contributed by atoms with van der Waals surface area (Å²) in [6, 6.07) is 7.97. The van der Waals surface area contributed by atoms with Crippen LogP contribution < -0.4 is 4.90 Å². The molecule has 1 aromatic carbocycles. The molecule has 0 aliphatic carbocycles. The van der Waals surface area contributed by atoms with Crippen molar-refractivity contribution in [3.8, 4) is 0 Å². The van der Waals surface area contributed by atoms with Crippen LogP contribution in [0.4, 0.5) is 5.69 Å². The average Bonchev–Trinajstić information content (AvgIpc) is 2.04. The number of rotatable bonds is 0. The highest BCUT2D eigenvalue weighted by atomic mass is 16.1. The maximum absolute atomic E-state index is 11.1. The van der Waals surface area contributed by atoms with Gasteiger partial charge in [-0.2, -0.15) is 0 Å². The molecule has 12 heavy (non-hydrogen) atoms. The van der Waals surface area contributed by atoms with Crippen molar-refractivity contribution in [2.24, 2.45) is 0 Å². The number of carbonyl (C=O) groups is 1. The fourth-order valence-electron chi connectivity index (χ4n) is 1.52. The van der Waals surface area contributed by atoms with Crippen molar-refractivity contribution in [3.05, 3.63) is 36.4 Å². The van der Waals surface area contributed by atoms with Crippen LogP contribution in [0.25, 0.3) is 0 Å². The van der Waals surface area contributed by atoms with Crippen LogP contribution in [0.1, 0.15) is 5.56 Å². The number of hydrogen-bond donors (Lipinski definition) is 0. The predicted octanol–water partition coefficient (Wildman–Crippen LogP) is 1.41. The molecule has 0 fully saturated rings. The molecule has 2 rings (SSSR count). The lowest BCUT2D eigenvalue weighted by molar-refractivity contribution is -0.115. The van der Waals surface area contributed by atoms with Crippen LogP contribution in [0.2, 0.25) is 0 Å². The maximum atomic E-state index is 11.1. The maximum Gasteiger partial charge on any atom is 0.162 e. The van der Waals surface area contributed by atoms with Gasteiger partial charge in [-0.3, -0.25) is 4.79 Å². The number of fused-ring (bicyclic) bond motifs is 1. The molecular formula is C10H10NO. The van der Waals surface area contributed by atoms with Gasteiger partial charge in [0.2, 0.25) is 0 Å². The number of benzene rings is 1. The Hall–Kier alpha value is -1.31. The molecule has 0 bridgehead atoms. The number of hydrogen-bond acceptors (Lipinski definition) is 2. The first-order chi connectivity index (χ1) is 5.77. The molecule has 0 saturated heterocycles. The van der Waals surface area contributed by atoms with Crippen LogP contribution in [0.5, 0.6) is 0 Å². The number of para-hydroxylation sites is 1. The van der Waals surface area contributed by atoms with Crippen molar-refractivity contribution in [2.45, 2.75) is 6.42 Å². The molecule has 61 valence electrons. The van der Waals surface area contributed by atoms with E-state index in [0.717, 1.165) is 11.3 Å². The summed E-state index contributed by atoms with van der Waals surface area (Å²) < 4.78 is 0. The monoisotopic (exact) mass is 160 g/mol. The molecule has 0 aromatic heterocycles. The van der Waals surface area contributed by atoms with E-state index in [1.165, 1.54) is 0 Å². The SMILES string of the molecule is CN1[CH]C(=O)Cc2ccccc21. The van der Waals surface area contributed by atoms with Crippen LogP contribution in [0.15, 0.2) is 24.3 Å². The Kier molecular flexibility index (Phi) is 1.61. The van der Waals surface area contributed by atoms with Crippen LogP contribution in [-0.2, 0) is 11.2 Å². The Morgan fingerprint density at radius 2 is 2.08 bits per heavy atom. The lowest BCUT2D eigenvalue weighted by Crippen LogP contribution is -2.26. The summed E-state index contributed by atoms with van der Waals surface area (Å²) in [5.41, 5.74) is 2.25. The topological polar surface area (TPSA) is 20.3 Å². The van der Waals surface area contributed by atoms with Crippen LogP contribution in [-0.4, -0.2) is 12.8 Å². The highest BCUT2D eigenvalue weighted by Gasteiger charge is 2.18. The summed E-state index contributed by atoms with van der Waals surface area (Å²) in [5, 5.41) is 0. The zero-order valence-electron chi connectivity index (χ0n) is 6.95. The molecule has 1 aliphatic heterocycles. The van der Waals surface area contributed by atoms with Gasteiger partial charge in [-0.15, -0.1) is 0 Å². The average molecular weight is 160 g/mol. The predicted molar refractivity (Wildman–Crippen MR) is 47.9 cm³/mol. The number of anilines is 1. The number of ketones is 1. The van der Waals surface area contributed by atoms with Gasteiger partial charge in [-0.1, -0.05) is 18.2 Å². The van der Waals surface area contributed by atoms with E-state index in [9.17, 15) is 4.79 Å². The van der Waals surface area contributed by atoms with Gasteiger partial charge in [-0.25, -0.2) is 0 Å². The second-order valence-electron chi connectivity index (χ2n) is 3.01. The van der Waals surface area contributed by atoms with E-state index >= 15 is 0 Å². The number of Topliss-reactive ketones (excluding diaryl/α,β-unsaturated/α-hetero) is 1. The molecular weight excluding hydrogens is 150 g/mol. The molecule has 0 spiro atoms. The Balaban J connectivity index is 2.47. The lowest BCUT2D eigenvalue weighted by atomic mass is 10.0. The first-order valence-corrected chi connectivity index (χ1v) is 3.96. The quantitative estimate of drug-likeness (QED) is 0.572. The smallest absolute Gasteiger partial charge is 0.162 e. The van der Waals surface area contributed by atoms with Crippen molar-refractivity contribution < 1.29 is 4.79 Å². The van der Waals surface area contributed by atoms with Gasteiger partial charge in [-0.05, 0) is 11.6 Å². The van der Waals surface area contributed by atoms with E-state index in [2.05, 4.69) is 0 Å². The summed E-state index contributed by atoms with van der Waals surface area (Å²) in [7, 11) is 1.90. The first kappa shape index (κ1) is 7.35. The second-order valence-corrected chi connectivity index (χ2v) is 3.01. The van der Waals surface area contributed by atoms with E-state index in [-0.39, 0.29) is 5.78 Å². The first-order valence-electron chi connectivity index (χ1n) is 3.96. The molecule has 2 heteroatoms. The largest absolute Gasteiger partial charge is 0.362 e. The fraction of sp³-hybridized carbons (Fsp3) is 0.200. The minimum Gasteiger partial charge on any atom is -0.362 e. The van der Waals surface area contributed by atoms with Gasteiger partial charge in [0.1, 0.15) is 6.54 Å². The van der Waals surface area contributed by atoms with Crippen LogP contribution >= 0.6 is 0 Å². The summed E-state index contributed by atoms with van der Waals surface area (Å²) in [5.74, 6) is 0.177. The third-order valence-electron chi connectivity index (χ3n) is 2.07. The third kappa shape index (κ3) is 1.09. The van der Waals surface area contributed by atoms with Crippen molar-refractivity contribution >= 4 is 11.5 Å². The number of nitrogens with zero attached hydrogens (tertiary/aromatic N) is 1. The fourth-order valence-corrected chi connectivity index (χ4v) is 1.52. The van der Waals surface area contributed by atoms with Crippen LogP contribution in [0, 0.1) is 6.54 Å². The molecule has 1 aromatic rings. The van der Waals surface area contributed by atoms with Gasteiger partial charge in [0, 0.05) is 19.2 Å². The standard InChI is InChI=1S/C10H10NO/c1-11-7-9(12)6-8-4-2-3-5-10(8)11/h2-5,7H,6H2,1H3. The Labute approximate surface area is 71.8 Å². The van der Waals surface area contributed by atoms with Gasteiger partial charge in [0.25, 0.3) is 0 Å². The van der Waals surface area contributed by atoms with E-state index < -0.39 is 0 Å². The molecule has 0 atom stereocenters. The van der Waals surface area contributed by atoms with Gasteiger partial charge < -0.3 is 4.90 Å². The Morgan fingerprint density at radius 1 is 1.33 bits per heavy atom. The molecule has 2 nitrogen and oxygen atoms in total. The van der Waals surface area contributed by atoms with Crippen molar-refractivity contribution in [1.82, 2.24) is 0 Å². The van der Waals surface area contributed by atoms with E-state index in [1.54, 1.807) is 6.54 Å². The number of carbonyl (C=O) groups excluding carboxylic acids is 1. The zero-order chi connectivity index (χ0) is 8.55. The van der Waals surface area contributed by atoms with Crippen LogP contribution in [0.3, 0.4) is 0 Å². The molecule has 1 aliphatic rings. The Morgan fingerprint density at radius 3 is 2.92 bits per heavy atom. The molecule has 1 radical (unpaired) electrons. The summed E-state index contributed by atoms with van der Waals surface area (Å²) in [6.45, 7) is 1.64. The summed E-state index contributed by atoms with van der Waals surface area (Å²) >= 11 is 0. The summed E-state index contributed by atoms with van der Waals surface area (Å²) in [6.07, 6.45) is 0.542. The third-order valence-corrected chi connectivity index (χ3v) is 2.07. The van der Waals surface area contributed by atoms with Gasteiger partial charge >= 0.3 is 0 Å². The van der Waals surface area contributed by atoms with Crippen molar-refractivity contribution in [1.29, 1.82) is 0 Å². The molecule has 1 heterocycles. The Bertz CT molecular complexity index is 319. The zero-order valence-corrected chi connectivity index (χ0v) is 6.95. The normalized spacial score (nSPS) is 16.1.